The second-order valence-electron chi connectivity index (χ2n) is 6.32. The highest BCUT2D eigenvalue weighted by molar-refractivity contribution is 4.80. The van der Waals surface area contributed by atoms with Gasteiger partial charge >= 0.3 is 0 Å². The second-order valence-corrected chi connectivity index (χ2v) is 6.32. The van der Waals surface area contributed by atoms with Gasteiger partial charge in [-0.25, -0.2) is 0 Å². The molecule has 0 heterocycles. The lowest BCUT2D eigenvalue weighted by atomic mass is 9.84. The Labute approximate surface area is 109 Å². The molecule has 0 aliphatic heterocycles. The molecule has 0 fully saturated rings. The maximum atomic E-state index is 3.63. The number of nitrogens with zero attached hydrogens (tertiary/aromatic N) is 1. The average Bonchev–Trinajstić information content (AvgIpc) is 2.16. The van der Waals surface area contributed by atoms with Crippen molar-refractivity contribution < 1.29 is 0 Å². The minimum atomic E-state index is 0.424. The number of rotatable bonds is 10. The largest absolute Gasteiger partial charge is 0.316 e. The average molecular weight is 242 g/mol. The van der Waals surface area contributed by atoms with E-state index in [-0.39, 0.29) is 0 Å². The maximum absolute atomic E-state index is 3.63. The molecule has 0 aliphatic carbocycles. The Bertz CT molecular complexity index is 180. The zero-order chi connectivity index (χ0) is 13.3. The normalized spacial score (nSPS) is 15.5. The van der Waals surface area contributed by atoms with E-state index in [1.165, 1.54) is 32.4 Å². The molecule has 0 radical (unpaired) electrons. The predicted octanol–water partition coefficient (Wildman–Crippen LogP) is 3.38. The van der Waals surface area contributed by atoms with Crippen molar-refractivity contribution >= 4 is 0 Å². The first-order valence-corrected chi connectivity index (χ1v) is 7.32. The molecule has 2 nitrogen and oxygen atoms in total. The quantitative estimate of drug-likeness (QED) is 0.632. The Balaban J connectivity index is 4.14. The summed E-state index contributed by atoms with van der Waals surface area (Å²) in [6.45, 7) is 16.2. The van der Waals surface area contributed by atoms with E-state index in [1.54, 1.807) is 0 Å². The Hall–Kier alpha value is -0.0800. The highest BCUT2D eigenvalue weighted by Crippen LogP contribution is 2.23. The van der Waals surface area contributed by atoms with Crippen LogP contribution in [-0.4, -0.2) is 38.1 Å². The van der Waals surface area contributed by atoms with Crippen molar-refractivity contribution in [1.29, 1.82) is 0 Å². The fraction of sp³-hybridized carbons (Fsp3) is 1.00. The van der Waals surface area contributed by atoms with Crippen LogP contribution in [0.25, 0.3) is 0 Å². The first kappa shape index (κ1) is 16.9. The van der Waals surface area contributed by atoms with Gasteiger partial charge in [0.05, 0.1) is 0 Å². The van der Waals surface area contributed by atoms with E-state index in [1.807, 2.05) is 0 Å². The summed E-state index contributed by atoms with van der Waals surface area (Å²) in [6, 6.07) is 0. The van der Waals surface area contributed by atoms with Gasteiger partial charge in [0.25, 0.3) is 0 Å². The molecular weight excluding hydrogens is 208 g/mol. The van der Waals surface area contributed by atoms with E-state index < -0.39 is 0 Å². The lowest BCUT2D eigenvalue weighted by Crippen LogP contribution is -2.42. The van der Waals surface area contributed by atoms with Crippen LogP contribution >= 0.6 is 0 Å². The van der Waals surface area contributed by atoms with Gasteiger partial charge in [0.2, 0.25) is 0 Å². The van der Waals surface area contributed by atoms with Crippen LogP contribution in [0.1, 0.15) is 53.9 Å². The lowest BCUT2D eigenvalue weighted by Gasteiger charge is -2.34. The molecule has 1 unspecified atom stereocenters. The first-order chi connectivity index (χ1) is 7.93. The third-order valence-electron chi connectivity index (χ3n) is 3.21. The minimum Gasteiger partial charge on any atom is -0.316 e. The van der Waals surface area contributed by atoms with Crippen molar-refractivity contribution in [2.24, 2.45) is 11.3 Å². The van der Waals surface area contributed by atoms with Gasteiger partial charge in [0, 0.05) is 13.1 Å². The van der Waals surface area contributed by atoms with E-state index in [2.05, 4.69) is 51.9 Å². The third kappa shape index (κ3) is 8.62. The first-order valence-electron chi connectivity index (χ1n) is 7.32. The zero-order valence-corrected chi connectivity index (χ0v) is 13.0. The standard InChI is InChI=1S/C15H34N2/c1-7-9-15(5,12-16-11-14(3)4)13-17(6)10-8-2/h14,16H,7-13H2,1-6H3. The molecule has 0 bridgehead atoms. The van der Waals surface area contributed by atoms with Gasteiger partial charge in [-0.15, -0.1) is 0 Å². The van der Waals surface area contributed by atoms with Crippen LogP contribution in [0, 0.1) is 11.3 Å². The Morgan fingerprint density at radius 3 is 2.29 bits per heavy atom. The van der Waals surface area contributed by atoms with Crippen LogP contribution < -0.4 is 5.32 Å². The van der Waals surface area contributed by atoms with Gasteiger partial charge in [-0.3, -0.25) is 0 Å². The third-order valence-corrected chi connectivity index (χ3v) is 3.21. The van der Waals surface area contributed by atoms with E-state index in [0.717, 1.165) is 19.0 Å². The molecule has 0 aromatic heterocycles. The van der Waals surface area contributed by atoms with Gasteiger partial charge < -0.3 is 10.2 Å². The van der Waals surface area contributed by atoms with Crippen LogP contribution in [0.3, 0.4) is 0 Å². The Kier molecular flexibility index (Phi) is 8.89. The number of hydrogen-bond acceptors (Lipinski definition) is 2. The summed E-state index contributed by atoms with van der Waals surface area (Å²) < 4.78 is 0. The molecule has 0 amide bonds. The molecule has 0 spiro atoms. The van der Waals surface area contributed by atoms with Crippen LogP contribution in [0.4, 0.5) is 0 Å². The van der Waals surface area contributed by atoms with Crippen LogP contribution in [0.5, 0.6) is 0 Å². The van der Waals surface area contributed by atoms with Crippen molar-refractivity contribution in [2.45, 2.75) is 53.9 Å². The SMILES string of the molecule is CCCN(C)CC(C)(CCC)CNCC(C)C. The van der Waals surface area contributed by atoms with Crippen LogP contribution in [-0.2, 0) is 0 Å². The van der Waals surface area contributed by atoms with Crippen molar-refractivity contribution in [1.82, 2.24) is 10.2 Å². The van der Waals surface area contributed by atoms with Crippen LogP contribution in [0.15, 0.2) is 0 Å². The van der Waals surface area contributed by atoms with Crippen molar-refractivity contribution in [3.05, 3.63) is 0 Å². The molecular formula is C15H34N2. The number of nitrogens with one attached hydrogen (secondary N) is 1. The molecule has 0 aromatic rings. The monoisotopic (exact) mass is 242 g/mol. The summed E-state index contributed by atoms with van der Waals surface area (Å²) in [4.78, 5) is 2.48. The minimum absolute atomic E-state index is 0.424. The molecule has 0 aliphatic rings. The molecule has 1 atom stereocenters. The summed E-state index contributed by atoms with van der Waals surface area (Å²) in [6.07, 6.45) is 3.84. The van der Waals surface area contributed by atoms with E-state index in [0.29, 0.717) is 5.41 Å². The van der Waals surface area contributed by atoms with Gasteiger partial charge in [0.1, 0.15) is 0 Å². The summed E-state index contributed by atoms with van der Waals surface area (Å²) in [5.74, 6) is 0.745. The molecule has 104 valence electrons. The van der Waals surface area contributed by atoms with Crippen molar-refractivity contribution in [3.8, 4) is 0 Å². The molecule has 0 saturated heterocycles. The highest BCUT2D eigenvalue weighted by atomic mass is 15.1. The van der Waals surface area contributed by atoms with Gasteiger partial charge in [-0.2, -0.15) is 0 Å². The molecule has 0 saturated carbocycles. The second kappa shape index (κ2) is 8.93. The van der Waals surface area contributed by atoms with Gasteiger partial charge in [0.15, 0.2) is 0 Å². The number of hydrogen-bond donors (Lipinski definition) is 1. The molecule has 0 aromatic carbocycles. The fourth-order valence-corrected chi connectivity index (χ4v) is 2.60. The molecule has 0 rings (SSSR count). The van der Waals surface area contributed by atoms with Gasteiger partial charge in [-0.05, 0) is 44.3 Å². The summed E-state index contributed by atoms with van der Waals surface area (Å²) >= 11 is 0. The highest BCUT2D eigenvalue weighted by Gasteiger charge is 2.24. The zero-order valence-electron chi connectivity index (χ0n) is 13.0. The summed E-state index contributed by atoms with van der Waals surface area (Å²) in [5, 5.41) is 3.63. The molecule has 17 heavy (non-hydrogen) atoms. The van der Waals surface area contributed by atoms with Crippen molar-refractivity contribution in [3.63, 3.8) is 0 Å². The predicted molar refractivity (Wildman–Crippen MR) is 78.5 cm³/mol. The van der Waals surface area contributed by atoms with Crippen molar-refractivity contribution in [2.75, 3.05) is 33.2 Å². The lowest BCUT2D eigenvalue weighted by molar-refractivity contribution is 0.172. The maximum Gasteiger partial charge on any atom is 0.00444 e. The topological polar surface area (TPSA) is 15.3 Å². The molecule has 1 N–H and O–H groups in total. The Morgan fingerprint density at radius 1 is 1.18 bits per heavy atom. The van der Waals surface area contributed by atoms with Crippen LogP contribution in [0.2, 0.25) is 0 Å². The Morgan fingerprint density at radius 2 is 1.82 bits per heavy atom. The molecule has 2 heteroatoms. The van der Waals surface area contributed by atoms with E-state index >= 15 is 0 Å². The summed E-state index contributed by atoms with van der Waals surface area (Å²) in [7, 11) is 2.25. The van der Waals surface area contributed by atoms with Gasteiger partial charge in [-0.1, -0.05) is 41.0 Å². The summed E-state index contributed by atoms with van der Waals surface area (Å²) in [5.41, 5.74) is 0.424. The van der Waals surface area contributed by atoms with E-state index in [9.17, 15) is 0 Å². The smallest absolute Gasteiger partial charge is 0.00444 e. The van der Waals surface area contributed by atoms with E-state index in [4.69, 9.17) is 0 Å². The fourth-order valence-electron chi connectivity index (χ4n) is 2.60.